The summed E-state index contributed by atoms with van der Waals surface area (Å²) in [6.45, 7) is 2.18. The molecule has 0 saturated carbocycles. The second-order valence-corrected chi connectivity index (χ2v) is 8.45. The van der Waals surface area contributed by atoms with E-state index in [-0.39, 0.29) is 30.7 Å². The number of amides is 3. The van der Waals surface area contributed by atoms with Crippen molar-refractivity contribution in [1.29, 1.82) is 0 Å². The maximum absolute atomic E-state index is 12.9. The van der Waals surface area contributed by atoms with Gasteiger partial charge in [0.2, 0.25) is 11.8 Å². The van der Waals surface area contributed by atoms with Crippen molar-refractivity contribution in [2.45, 2.75) is 19.8 Å². The summed E-state index contributed by atoms with van der Waals surface area (Å²) in [5.41, 5.74) is 2.98. The van der Waals surface area contributed by atoms with E-state index in [0.717, 1.165) is 17.7 Å². The zero-order valence-electron chi connectivity index (χ0n) is 20.3. The van der Waals surface area contributed by atoms with Gasteiger partial charge in [-0.2, -0.15) is 0 Å². The number of carbonyl (C=O) groups excluding carboxylic acids is 3. The molecule has 8 heteroatoms. The average Bonchev–Trinajstić information content (AvgIpc) is 3.29. The SMILES string of the molecule is CCc1ccccc1N1CC(C(=O)Nc2cccc(NC(=O)COc3ccccc3OC)c2)CC1=O. The predicted molar refractivity (Wildman–Crippen MR) is 138 cm³/mol. The fraction of sp³-hybridized carbons (Fsp3) is 0.250. The minimum Gasteiger partial charge on any atom is -0.493 e. The van der Waals surface area contributed by atoms with Crippen LogP contribution in [0, 0.1) is 5.92 Å². The first kappa shape index (κ1) is 24.8. The Bertz CT molecular complexity index is 1260. The highest BCUT2D eigenvalue weighted by atomic mass is 16.5. The van der Waals surface area contributed by atoms with Gasteiger partial charge in [-0.25, -0.2) is 0 Å². The van der Waals surface area contributed by atoms with Gasteiger partial charge >= 0.3 is 0 Å². The molecule has 0 aliphatic carbocycles. The summed E-state index contributed by atoms with van der Waals surface area (Å²) in [7, 11) is 1.53. The molecule has 0 radical (unpaired) electrons. The lowest BCUT2D eigenvalue weighted by Gasteiger charge is -2.20. The van der Waals surface area contributed by atoms with Crippen molar-refractivity contribution in [3.05, 3.63) is 78.4 Å². The lowest BCUT2D eigenvalue weighted by atomic mass is 10.1. The van der Waals surface area contributed by atoms with Gasteiger partial charge in [-0.05, 0) is 48.4 Å². The van der Waals surface area contributed by atoms with Gasteiger partial charge < -0.3 is 25.0 Å². The summed E-state index contributed by atoms with van der Waals surface area (Å²) in [4.78, 5) is 39.7. The number of carbonyl (C=O) groups is 3. The molecule has 0 spiro atoms. The highest BCUT2D eigenvalue weighted by molar-refractivity contribution is 6.04. The van der Waals surface area contributed by atoms with E-state index < -0.39 is 5.92 Å². The molecule has 0 aromatic heterocycles. The molecule has 3 aromatic carbocycles. The van der Waals surface area contributed by atoms with Crippen LogP contribution in [0.3, 0.4) is 0 Å². The monoisotopic (exact) mass is 487 g/mol. The Labute approximate surface area is 210 Å². The average molecular weight is 488 g/mol. The van der Waals surface area contributed by atoms with Crippen molar-refractivity contribution in [3.63, 3.8) is 0 Å². The summed E-state index contributed by atoms with van der Waals surface area (Å²) in [6.07, 6.45) is 0.958. The minimum absolute atomic E-state index is 0.0629. The number of anilines is 3. The Morgan fingerprint density at radius 3 is 2.39 bits per heavy atom. The molecule has 3 aromatic rings. The maximum atomic E-state index is 12.9. The second-order valence-electron chi connectivity index (χ2n) is 8.45. The summed E-state index contributed by atoms with van der Waals surface area (Å²) >= 11 is 0. The molecule has 1 aliphatic heterocycles. The largest absolute Gasteiger partial charge is 0.493 e. The molecule has 4 rings (SSSR count). The molecule has 186 valence electrons. The fourth-order valence-corrected chi connectivity index (χ4v) is 4.19. The van der Waals surface area contributed by atoms with Gasteiger partial charge in [0.15, 0.2) is 18.1 Å². The fourth-order valence-electron chi connectivity index (χ4n) is 4.19. The highest BCUT2D eigenvalue weighted by Gasteiger charge is 2.35. The standard InChI is InChI=1S/C28H29N3O5/c1-3-19-9-4-5-12-23(19)31-17-20(15-27(31)33)28(34)30-22-11-8-10-21(16-22)29-26(32)18-36-25-14-7-6-13-24(25)35-2/h4-14,16,20H,3,15,17-18H2,1-2H3,(H,29,32)(H,30,34). The smallest absolute Gasteiger partial charge is 0.262 e. The Morgan fingerprint density at radius 2 is 1.64 bits per heavy atom. The number of ether oxygens (including phenoxy) is 2. The number of nitrogens with one attached hydrogen (secondary N) is 2. The summed E-state index contributed by atoms with van der Waals surface area (Å²) in [5, 5.41) is 5.64. The van der Waals surface area contributed by atoms with Crippen LogP contribution in [-0.2, 0) is 20.8 Å². The zero-order valence-corrected chi connectivity index (χ0v) is 20.3. The Balaban J connectivity index is 1.34. The van der Waals surface area contributed by atoms with Crippen molar-refractivity contribution < 1.29 is 23.9 Å². The van der Waals surface area contributed by atoms with Crippen LogP contribution in [0.1, 0.15) is 18.9 Å². The minimum atomic E-state index is -0.463. The normalized spacial score (nSPS) is 14.9. The van der Waals surface area contributed by atoms with Gasteiger partial charge in [0.05, 0.1) is 13.0 Å². The molecule has 1 unspecified atom stereocenters. The van der Waals surface area contributed by atoms with E-state index in [4.69, 9.17) is 9.47 Å². The Kier molecular flexibility index (Phi) is 7.85. The molecule has 3 amide bonds. The number of benzene rings is 3. The van der Waals surface area contributed by atoms with Crippen molar-refractivity contribution in [2.24, 2.45) is 5.92 Å². The second kappa shape index (κ2) is 11.4. The van der Waals surface area contributed by atoms with Crippen molar-refractivity contribution in [2.75, 3.05) is 35.8 Å². The van der Waals surface area contributed by atoms with Gasteiger partial charge in [0.25, 0.3) is 5.91 Å². The van der Waals surface area contributed by atoms with Crippen LogP contribution in [-0.4, -0.2) is 38.0 Å². The Morgan fingerprint density at radius 1 is 0.944 bits per heavy atom. The van der Waals surface area contributed by atoms with Crippen LogP contribution in [0.4, 0.5) is 17.1 Å². The quantitative estimate of drug-likeness (QED) is 0.470. The van der Waals surface area contributed by atoms with E-state index in [1.54, 1.807) is 47.4 Å². The van der Waals surface area contributed by atoms with Crippen LogP contribution < -0.4 is 25.0 Å². The highest BCUT2D eigenvalue weighted by Crippen LogP contribution is 2.29. The molecule has 1 saturated heterocycles. The lowest BCUT2D eigenvalue weighted by Crippen LogP contribution is -2.28. The third kappa shape index (κ3) is 5.83. The number of hydrogen-bond donors (Lipinski definition) is 2. The molecule has 36 heavy (non-hydrogen) atoms. The summed E-state index contributed by atoms with van der Waals surface area (Å²) in [6, 6.07) is 21.7. The van der Waals surface area contributed by atoms with Crippen molar-refractivity contribution in [1.82, 2.24) is 0 Å². The number of methoxy groups -OCH3 is 1. The number of nitrogens with zero attached hydrogens (tertiary/aromatic N) is 1. The van der Waals surface area contributed by atoms with Gasteiger partial charge in [-0.1, -0.05) is 43.3 Å². The van der Waals surface area contributed by atoms with Crippen LogP contribution in [0.2, 0.25) is 0 Å². The first-order valence-electron chi connectivity index (χ1n) is 11.8. The van der Waals surface area contributed by atoms with Crippen LogP contribution in [0.15, 0.2) is 72.8 Å². The zero-order chi connectivity index (χ0) is 25.5. The molecular weight excluding hydrogens is 458 g/mol. The lowest BCUT2D eigenvalue weighted by molar-refractivity contribution is -0.122. The summed E-state index contributed by atoms with van der Waals surface area (Å²) < 4.78 is 10.8. The van der Waals surface area contributed by atoms with E-state index in [0.29, 0.717) is 29.4 Å². The van der Waals surface area contributed by atoms with Crippen LogP contribution in [0.25, 0.3) is 0 Å². The maximum Gasteiger partial charge on any atom is 0.262 e. The molecule has 2 N–H and O–H groups in total. The van der Waals surface area contributed by atoms with Gasteiger partial charge in [0, 0.05) is 30.0 Å². The molecule has 1 fully saturated rings. The number of aryl methyl sites for hydroxylation is 1. The summed E-state index contributed by atoms with van der Waals surface area (Å²) in [5.74, 6) is -0.101. The first-order valence-corrected chi connectivity index (χ1v) is 11.8. The molecule has 1 atom stereocenters. The number of para-hydroxylation sites is 3. The van der Waals surface area contributed by atoms with E-state index in [1.807, 2.05) is 37.3 Å². The van der Waals surface area contributed by atoms with Gasteiger partial charge in [-0.3, -0.25) is 14.4 Å². The molecule has 1 aliphatic rings. The first-order chi connectivity index (χ1) is 17.5. The number of hydrogen-bond acceptors (Lipinski definition) is 5. The predicted octanol–water partition coefficient (Wildman–Crippen LogP) is 4.27. The number of rotatable bonds is 9. The van der Waals surface area contributed by atoms with Gasteiger partial charge in [-0.15, -0.1) is 0 Å². The van der Waals surface area contributed by atoms with Crippen molar-refractivity contribution >= 4 is 34.8 Å². The third-order valence-electron chi connectivity index (χ3n) is 6.00. The molecule has 8 nitrogen and oxygen atoms in total. The van der Waals surface area contributed by atoms with E-state index in [1.165, 1.54) is 7.11 Å². The van der Waals surface area contributed by atoms with Crippen molar-refractivity contribution in [3.8, 4) is 11.5 Å². The van der Waals surface area contributed by atoms with E-state index >= 15 is 0 Å². The van der Waals surface area contributed by atoms with E-state index in [9.17, 15) is 14.4 Å². The van der Waals surface area contributed by atoms with Gasteiger partial charge in [0.1, 0.15) is 0 Å². The van der Waals surface area contributed by atoms with Crippen LogP contribution >= 0.6 is 0 Å². The van der Waals surface area contributed by atoms with Crippen LogP contribution in [0.5, 0.6) is 11.5 Å². The topological polar surface area (TPSA) is 97.0 Å². The molecular formula is C28H29N3O5. The Hall–Kier alpha value is -4.33. The molecule has 0 bridgehead atoms. The van der Waals surface area contributed by atoms with E-state index in [2.05, 4.69) is 10.6 Å². The third-order valence-corrected chi connectivity index (χ3v) is 6.00. The molecule has 1 heterocycles.